The van der Waals surface area contributed by atoms with Crippen molar-refractivity contribution < 1.29 is 38.8 Å². The van der Waals surface area contributed by atoms with Gasteiger partial charge in [-0.05, 0) is 47.5 Å². The summed E-state index contributed by atoms with van der Waals surface area (Å²) in [6.07, 6.45) is 4.95. The Kier molecular flexibility index (Phi) is 10.5. The first-order chi connectivity index (χ1) is 16.3. The number of phenols is 1. The molecule has 8 heteroatoms. The van der Waals surface area contributed by atoms with E-state index in [9.17, 15) is 24.6 Å². The number of ether oxygens (including phenoxy) is 3. The summed E-state index contributed by atoms with van der Waals surface area (Å²) < 4.78 is 16.0. The molecular weight excluding hydrogens is 440 g/mol. The molecule has 2 aromatic carbocycles. The average Bonchev–Trinajstić information content (AvgIpc) is 2.84. The fourth-order valence-corrected chi connectivity index (χ4v) is 2.73. The quantitative estimate of drug-likeness (QED) is 0.261. The first kappa shape index (κ1) is 26.3. The van der Waals surface area contributed by atoms with Gasteiger partial charge in [-0.1, -0.05) is 37.3 Å². The molecule has 0 aromatic heterocycles. The highest BCUT2D eigenvalue weighted by molar-refractivity contribution is 6.10. The van der Waals surface area contributed by atoms with Crippen molar-refractivity contribution in [1.29, 1.82) is 0 Å². The van der Waals surface area contributed by atoms with Crippen LogP contribution in [0.2, 0.25) is 0 Å². The lowest BCUT2D eigenvalue weighted by atomic mass is 10.1. The average molecular weight is 469 g/mol. The molecule has 0 amide bonds. The summed E-state index contributed by atoms with van der Waals surface area (Å²) in [4.78, 5) is 35.5. The molecule has 0 aliphatic carbocycles. The van der Waals surface area contributed by atoms with Gasteiger partial charge in [0.05, 0.1) is 20.1 Å². The van der Waals surface area contributed by atoms with Crippen LogP contribution in [0.1, 0.15) is 30.9 Å². The number of esters is 1. The zero-order valence-electron chi connectivity index (χ0n) is 19.1. The van der Waals surface area contributed by atoms with Crippen LogP contribution in [0.3, 0.4) is 0 Å². The minimum Gasteiger partial charge on any atom is -0.508 e. The Morgan fingerprint density at radius 2 is 1.56 bits per heavy atom. The molecule has 0 saturated heterocycles. The number of ketones is 2. The molecule has 1 unspecified atom stereocenters. The van der Waals surface area contributed by atoms with Crippen LogP contribution in [-0.4, -0.2) is 54.2 Å². The van der Waals surface area contributed by atoms with Gasteiger partial charge in [0.2, 0.25) is 0 Å². The van der Waals surface area contributed by atoms with Gasteiger partial charge >= 0.3 is 5.97 Å². The van der Waals surface area contributed by atoms with Crippen molar-refractivity contribution in [1.82, 2.24) is 0 Å². The Morgan fingerprint density at radius 3 is 2.15 bits per heavy atom. The topological polar surface area (TPSA) is 119 Å². The number of carbonyl (C=O) groups excluding carboxylic acids is 3. The van der Waals surface area contributed by atoms with E-state index in [0.717, 1.165) is 5.56 Å². The van der Waals surface area contributed by atoms with Gasteiger partial charge in [-0.15, -0.1) is 0 Å². The van der Waals surface area contributed by atoms with E-state index in [-0.39, 0.29) is 43.4 Å². The molecule has 0 radical (unpaired) electrons. The van der Waals surface area contributed by atoms with E-state index in [4.69, 9.17) is 14.2 Å². The maximum atomic E-state index is 12.1. The fraction of sp³-hybridized carbons (Fsp3) is 0.269. The highest BCUT2D eigenvalue weighted by atomic mass is 16.6. The number of allylic oxidation sites excluding steroid dienone is 2. The van der Waals surface area contributed by atoms with Crippen molar-refractivity contribution in [3.05, 3.63) is 65.7 Å². The molecule has 8 nitrogen and oxygen atoms in total. The van der Waals surface area contributed by atoms with Gasteiger partial charge in [0.1, 0.15) is 12.4 Å². The number of phenolic OH excluding ortho intramolecular Hbond substituents is 1. The second kappa shape index (κ2) is 13.6. The van der Waals surface area contributed by atoms with Crippen LogP contribution < -0.4 is 9.47 Å². The lowest BCUT2D eigenvalue weighted by molar-refractivity contribution is -0.146. The van der Waals surface area contributed by atoms with Crippen LogP contribution in [0.4, 0.5) is 0 Å². The number of methoxy groups -OCH3 is 1. The molecule has 2 aromatic rings. The van der Waals surface area contributed by atoms with Crippen molar-refractivity contribution >= 4 is 29.7 Å². The predicted molar refractivity (Wildman–Crippen MR) is 127 cm³/mol. The van der Waals surface area contributed by atoms with Gasteiger partial charge < -0.3 is 24.4 Å². The van der Waals surface area contributed by atoms with E-state index in [1.807, 2.05) is 0 Å². The third-order valence-corrected chi connectivity index (χ3v) is 4.57. The summed E-state index contributed by atoms with van der Waals surface area (Å²) in [6.45, 7) is 1.21. The fourth-order valence-electron chi connectivity index (χ4n) is 2.73. The number of hydrogen-bond donors (Lipinski definition) is 2. The maximum absolute atomic E-state index is 12.1. The maximum Gasteiger partial charge on any atom is 0.305 e. The standard InChI is InChI=1S/C26H28O8/c1-3-26(31)33-17-23(16-27)34-24-13-8-19(14-25(24)32-2)7-12-22(30)15-21(29)11-6-18-4-9-20(28)10-5-18/h4-14,23,27-28H,3,15-17H2,1-2H3/b11-6+,12-7+. The van der Waals surface area contributed by atoms with Crippen LogP contribution in [-0.2, 0) is 19.1 Å². The highest BCUT2D eigenvalue weighted by Crippen LogP contribution is 2.29. The van der Waals surface area contributed by atoms with Crippen LogP contribution in [0.25, 0.3) is 12.2 Å². The summed E-state index contributed by atoms with van der Waals surface area (Å²) in [6, 6.07) is 11.3. The van der Waals surface area contributed by atoms with Crippen LogP contribution in [0, 0.1) is 0 Å². The molecule has 0 aliphatic rings. The molecule has 1 atom stereocenters. The Bertz CT molecular complexity index is 1040. The van der Waals surface area contributed by atoms with Crippen LogP contribution in [0.5, 0.6) is 17.2 Å². The lowest BCUT2D eigenvalue weighted by Gasteiger charge is -2.18. The number of aliphatic hydroxyl groups excluding tert-OH is 1. The Hall–Kier alpha value is -3.91. The molecular formula is C26H28O8. The molecule has 0 spiro atoms. The van der Waals surface area contributed by atoms with Gasteiger partial charge in [-0.2, -0.15) is 0 Å². The number of carbonyl (C=O) groups is 3. The van der Waals surface area contributed by atoms with Gasteiger partial charge in [0.25, 0.3) is 0 Å². The van der Waals surface area contributed by atoms with Crippen LogP contribution in [0.15, 0.2) is 54.6 Å². The van der Waals surface area contributed by atoms with Crippen molar-refractivity contribution in [2.24, 2.45) is 0 Å². The molecule has 0 bridgehead atoms. The molecule has 34 heavy (non-hydrogen) atoms. The molecule has 0 aliphatic heterocycles. The summed E-state index contributed by atoms with van der Waals surface area (Å²) in [5.74, 6) is -0.269. The van der Waals surface area contributed by atoms with Crippen LogP contribution >= 0.6 is 0 Å². The van der Waals surface area contributed by atoms with E-state index in [1.54, 1.807) is 49.4 Å². The number of benzene rings is 2. The van der Waals surface area contributed by atoms with Crippen molar-refractivity contribution in [2.45, 2.75) is 25.9 Å². The first-order valence-corrected chi connectivity index (χ1v) is 10.7. The number of rotatable bonds is 13. The Balaban J connectivity index is 1.95. The summed E-state index contributed by atoms with van der Waals surface area (Å²) in [5.41, 5.74) is 1.37. The Morgan fingerprint density at radius 1 is 0.941 bits per heavy atom. The molecule has 0 fully saturated rings. The van der Waals surface area contributed by atoms with E-state index in [1.165, 1.54) is 31.4 Å². The SMILES string of the molecule is CCC(=O)OCC(CO)Oc1ccc(/C=C/C(=O)CC(=O)/C=C/c2ccc(O)cc2)cc1OC. The normalized spacial score (nSPS) is 12.0. The zero-order valence-corrected chi connectivity index (χ0v) is 19.1. The number of aromatic hydroxyl groups is 1. The monoisotopic (exact) mass is 468 g/mol. The van der Waals surface area contributed by atoms with Crippen molar-refractivity contribution in [3.63, 3.8) is 0 Å². The molecule has 0 saturated carbocycles. The largest absolute Gasteiger partial charge is 0.508 e. The predicted octanol–water partition coefficient (Wildman–Crippen LogP) is 3.35. The van der Waals surface area contributed by atoms with Gasteiger partial charge in [-0.25, -0.2) is 0 Å². The van der Waals surface area contributed by atoms with E-state index >= 15 is 0 Å². The van der Waals surface area contributed by atoms with E-state index in [2.05, 4.69) is 0 Å². The number of aliphatic hydroxyl groups is 1. The molecule has 2 rings (SSSR count). The summed E-state index contributed by atoms with van der Waals surface area (Å²) in [7, 11) is 1.45. The van der Waals surface area contributed by atoms with Gasteiger partial charge in [0, 0.05) is 6.42 Å². The minimum absolute atomic E-state index is 0.0995. The molecule has 2 N–H and O–H groups in total. The zero-order chi connectivity index (χ0) is 24.9. The van der Waals surface area contributed by atoms with E-state index < -0.39 is 12.1 Å². The van der Waals surface area contributed by atoms with E-state index in [0.29, 0.717) is 17.1 Å². The van der Waals surface area contributed by atoms with Gasteiger partial charge in [0.15, 0.2) is 29.2 Å². The van der Waals surface area contributed by atoms with Crippen molar-refractivity contribution in [2.75, 3.05) is 20.3 Å². The Labute approximate surface area is 198 Å². The van der Waals surface area contributed by atoms with Crippen molar-refractivity contribution in [3.8, 4) is 17.2 Å². The second-order valence-corrected chi connectivity index (χ2v) is 7.24. The summed E-state index contributed by atoms with van der Waals surface area (Å²) in [5, 5.41) is 18.7. The highest BCUT2D eigenvalue weighted by Gasteiger charge is 2.15. The second-order valence-electron chi connectivity index (χ2n) is 7.24. The summed E-state index contributed by atoms with van der Waals surface area (Å²) >= 11 is 0. The number of hydrogen-bond acceptors (Lipinski definition) is 8. The smallest absolute Gasteiger partial charge is 0.305 e. The molecule has 0 heterocycles. The minimum atomic E-state index is -0.756. The van der Waals surface area contributed by atoms with Gasteiger partial charge in [-0.3, -0.25) is 14.4 Å². The third-order valence-electron chi connectivity index (χ3n) is 4.57. The lowest BCUT2D eigenvalue weighted by Crippen LogP contribution is -2.28. The molecule has 180 valence electrons. The first-order valence-electron chi connectivity index (χ1n) is 10.7. The third kappa shape index (κ3) is 8.91.